The first-order valence-corrected chi connectivity index (χ1v) is 6.80. The van der Waals surface area contributed by atoms with Crippen LogP contribution in [0.5, 0.6) is 0 Å². The first-order chi connectivity index (χ1) is 10.4. The van der Waals surface area contributed by atoms with Crippen LogP contribution < -0.4 is 0 Å². The van der Waals surface area contributed by atoms with Crippen LogP contribution in [0.1, 0.15) is 23.1 Å². The van der Waals surface area contributed by atoms with Crippen molar-refractivity contribution in [3.05, 3.63) is 76.9 Å². The van der Waals surface area contributed by atoms with Gasteiger partial charge < -0.3 is 4.79 Å². The second-order valence-corrected chi connectivity index (χ2v) is 4.95. The van der Waals surface area contributed by atoms with Gasteiger partial charge in [-0.2, -0.15) is 13.2 Å². The summed E-state index contributed by atoms with van der Waals surface area (Å²) < 4.78 is 40.2. The fraction of sp³-hybridized carbons (Fsp3) is 0.167. The summed E-state index contributed by atoms with van der Waals surface area (Å²) in [6.07, 6.45) is -4.93. The number of alkyl halides is 3. The van der Waals surface area contributed by atoms with Gasteiger partial charge in [0.2, 0.25) is 0 Å². The quantitative estimate of drug-likeness (QED) is 0.731. The fourth-order valence-corrected chi connectivity index (χ4v) is 2.28. The molecular weight excluding hydrogens is 289 g/mol. The standard InChI is InChI=1S/C18H15F3O/c1-13-7-9-15(10-8-13)17(14-5-3-2-4-6-14)16(11-12-22)18(19,20)21/h2-10,12H,11H2,1H3/b17-16+. The van der Waals surface area contributed by atoms with Crippen molar-refractivity contribution in [2.45, 2.75) is 19.5 Å². The van der Waals surface area contributed by atoms with Gasteiger partial charge in [-0.3, -0.25) is 0 Å². The molecule has 2 aromatic rings. The van der Waals surface area contributed by atoms with E-state index in [0.29, 0.717) is 17.4 Å². The minimum absolute atomic E-state index is 0.0557. The summed E-state index contributed by atoms with van der Waals surface area (Å²) in [6, 6.07) is 15.1. The number of rotatable bonds is 4. The Hall–Kier alpha value is -2.36. The van der Waals surface area contributed by atoms with E-state index in [1.807, 2.05) is 6.92 Å². The molecule has 114 valence electrons. The molecule has 2 rings (SSSR count). The Morgan fingerprint density at radius 3 is 2.00 bits per heavy atom. The van der Waals surface area contributed by atoms with Crippen molar-refractivity contribution in [1.29, 1.82) is 0 Å². The molecule has 1 nitrogen and oxygen atoms in total. The molecule has 0 bridgehead atoms. The zero-order valence-electron chi connectivity index (χ0n) is 12.0. The summed E-state index contributed by atoms with van der Waals surface area (Å²) >= 11 is 0. The van der Waals surface area contributed by atoms with E-state index in [1.165, 1.54) is 0 Å². The van der Waals surface area contributed by atoms with Crippen LogP contribution in [0.25, 0.3) is 5.57 Å². The van der Waals surface area contributed by atoms with Crippen LogP contribution in [0, 0.1) is 6.92 Å². The monoisotopic (exact) mass is 304 g/mol. The Morgan fingerprint density at radius 1 is 0.955 bits per heavy atom. The Kier molecular flexibility index (Phi) is 4.81. The molecule has 0 atom stereocenters. The largest absolute Gasteiger partial charge is 0.413 e. The topological polar surface area (TPSA) is 17.1 Å². The molecule has 0 unspecified atom stereocenters. The van der Waals surface area contributed by atoms with Crippen molar-refractivity contribution in [3.8, 4) is 0 Å². The molecule has 0 N–H and O–H groups in total. The molecule has 2 aromatic carbocycles. The van der Waals surface area contributed by atoms with Crippen molar-refractivity contribution in [2.75, 3.05) is 0 Å². The summed E-state index contributed by atoms with van der Waals surface area (Å²) in [6.45, 7) is 1.87. The lowest BCUT2D eigenvalue weighted by atomic mass is 9.91. The third-order valence-corrected chi connectivity index (χ3v) is 3.33. The number of carbonyl (C=O) groups excluding carboxylic acids is 1. The summed E-state index contributed by atoms with van der Waals surface area (Å²) in [4.78, 5) is 10.7. The molecule has 22 heavy (non-hydrogen) atoms. The minimum atomic E-state index is -4.56. The van der Waals surface area contributed by atoms with Crippen LogP contribution in [0.4, 0.5) is 13.2 Å². The van der Waals surface area contributed by atoms with E-state index in [4.69, 9.17) is 0 Å². The number of carbonyl (C=O) groups is 1. The average molecular weight is 304 g/mol. The van der Waals surface area contributed by atoms with Crippen LogP contribution in [0.3, 0.4) is 0 Å². The lowest BCUT2D eigenvalue weighted by Crippen LogP contribution is -2.15. The van der Waals surface area contributed by atoms with Gasteiger partial charge in [-0.15, -0.1) is 0 Å². The average Bonchev–Trinajstić information content (AvgIpc) is 2.49. The van der Waals surface area contributed by atoms with E-state index < -0.39 is 18.2 Å². The van der Waals surface area contributed by atoms with E-state index in [-0.39, 0.29) is 5.57 Å². The molecule has 0 saturated carbocycles. The van der Waals surface area contributed by atoms with E-state index in [0.717, 1.165) is 5.56 Å². The Morgan fingerprint density at radius 2 is 1.50 bits per heavy atom. The summed E-state index contributed by atoms with van der Waals surface area (Å²) in [5, 5.41) is 0. The highest BCUT2D eigenvalue weighted by atomic mass is 19.4. The van der Waals surface area contributed by atoms with E-state index in [1.54, 1.807) is 54.6 Å². The van der Waals surface area contributed by atoms with Gasteiger partial charge in [0.1, 0.15) is 6.29 Å². The number of hydrogen-bond donors (Lipinski definition) is 0. The van der Waals surface area contributed by atoms with Crippen LogP contribution in [-0.4, -0.2) is 12.5 Å². The number of benzene rings is 2. The van der Waals surface area contributed by atoms with Gasteiger partial charge in [-0.25, -0.2) is 0 Å². The summed E-state index contributed by atoms with van der Waals surface area (Å²) in [5.41, 5.74) is 1.09. The molecule has 0 fully saturated rings. The van der Waals surface area contributed by atoms with Gasteiger partial charge in [-0.1, -0.05) is 60.2 Å². The Labute approximate surface area is 127 Å². The molecule has 0 amide bonds. The van der Waals surface area contributed by atoms with E-state index in [9.17, 15) is 18.0 Å². The molecular formula is C18H15F3O. The van der Waals surface area contributed by atoms with Gasteiger partial charge in [0, 0.05) is 12.0 Å². The Bertz CT molecular complexity index is 668. The highest BCUT2D eigenvalue weighted by molar-refractivity contribution is 5.84. The van der Waals surface area contributed by atoms with Crippen molar-refractivity contribution in [2.24, 2.45) is 0 Å². The van der Waals surface area contributed by atoms with E-state index in [2.05, 4.69) is 0 Å². The first kappa shape index (κ1) is 16.0. The molecule has 0 saturated heterocycles. The van der Waals surface area contributed by atoms with Gasteiger partial charge in [-0.05, 0) is 23.6 Å². The SMILES string of the molecule is Cc1ccc(/C(=C(\CC=O)C(F)(F)F)c2ccccc2)cc1. The van der Waals surface area contributed by atoms with Crippen molar-refractivity contribution < 1.29 is 18.0 Å². The normalized spacial score (nSPS) is 12.7. The number of hydrogen-bond acceptors (Lipinski definition) is 1. The summed E-state index contributed by atoms with van der Waals surface area (Å²) in [7, 11) is 0. The predicted molar refractivity (Wildman–Crippen MR) is 80.4 cm³/mol. The van der Waals surface area contributed by atoms with Crippen LogP contribution in [-0.2, 0) is 4.79 Å². The Balaban J connectivity index is 2.74. The van der Waals surface area contributed by atoms with Crippen LogP contribution in [0.2, 0.25) is 0 Å². The summed E-state index contributed by atoms with van der Waals surface area (Å²) in [5.74, 6) is 0. The fourth-order valence-electron chi connectivity index (χ4n) is 2.28. The highest BCUT2D eigenvalue weighted by Gasteiger charge is 2.36. The maximum atomic E-state index is 13.4. The van der Waals surface area contributed by atoms with Crippen LogP contribution in [0.15, 0.2) is 60.2 Å². The zero-order valence-corrected chi connectivity index (χ0v) is 12.0. The minimum Gasteiger partial charge on any atom is -0.303 e. The molecule has 0 radical (unpaired) electrons. The number of aryl methyl sites for hydroxylation is 1. The van der Waals surface area contributed by atoms with Crippen molar-refractivity contribution >= 4 is 11.9 Å². The van der Waals surface area contributed by atoms with Gasteiger partial charge in [0.15, 0.2) is 0 Å². The van der Waals surface area contributed by atoms with E-state index >= 15 is 0 Å². The molecule has 0 aliphatic rings. The third kappa shape index (κ3) is 3.64. The molecule has 0 spiro atoms. The van der Waals surface area contributed by atoms with Gasteiger partial charge in [0.05, 0.1) is 0 Å². The molecule has 0 aliphatic carbocycles. The number of aldehydes is 1. The lowest BCUT2D eigenvalue weighted by molar-refractivity contribution is -0.113. The lowest BCUT2D eigenvalue weighted by Gasteiger charge is -2.17. The molecule has 0 aromatic heterocycles. The third-order valence-electron chi connectivity index (χ3n) is 3.33. The van der Waals surface area contributed by atoms with Crippen LogP contribution >= 0.6 is 0 Å². The number of allylic oxidation sites excluding steroid dienone is 1. The highest BCUT2D eigenvalue weighted by Crippen LogP contribution is 2.37. The first-order valence-electron chi connectivity index (χ1n) is 6.80. The van der Waals surface area contributed by atoms with Crippen molar-refractivity contribution in [1.82, 2.24) is 0 Å². The van der Waals surface area contributed by atoms with Gasteiger partial charge >= 0.3 is 6.18 Å². The molecule has 0 aliphatic heterocycles. The maximum Gasteiger partial charge on any atom is 0.413 e. The van der Waals surface area contributed by atoms with Crippen molar-refractivity contribution in [3.63, 3.8) is 0 Å². The molecule has 0 heterocycles. The molecule has 4 heteroatoms. The second kappa shape index (κ2) is 6.60. The van der Waals surface area contributed by atoms with Gasteiger partial charge in [0.25, 0.3) is 0 Å². The smallest absolute Gasteiger partial charge is 0.303 e. The zero-order chi connectivity index (χ0) is 16.2. The predicted octanol–water partition coefficient (Wildman–Crippen LogP) is 4.95. The number of halogens is 3. The second-order valence-electron chi connectivity index (χ2n) is 4.95. The maximum absolute atomic E-state index is 13.4.